The Bertz CT molecular complexity index is 410. The number of carbonyl (C=O) groups excluding carboxylic acids is 3. The zero-order valence-electron chi connectivity index (χ0n) is 12.3. The molecule has 0 aliphatic carbocycles. The van der Waals surface area contributed by atoms with Crippen LogP contribution < -0.4 is 0 Å². The number of unbranched alkanes of at least 4 members (excludes halogenated alkanes) is 4. The number of hydrogen-bond acceptors (Lipinski definition) is 3. The third-order valence-corrected chi connectivity index (χ3v) is 3.18. The molecular weight excluding hydrogens is 256 g/mol. The topological polar surface area (TPSA) is 75.9 Å². The van der Waals surface area contributed by atoms with Gasteiger partial charge in [0.25, 0.3) is 0 Å². The van der Waals surface area contributed by atoms with E-state index < -0.39 is 6.03 Å². The van der Waals surface area contributed by atoms with Gasteiger partial charge in [0.2, 0.25) is 0 Å². The van der Waals surface area contributed by atoms with E-state index in [2.05, 4.69) is 9.98 Å². The third kappa shape index (κ3) is 4.79. The Morgan fingerprint density at radius 3 is 1.55 bits per heavy atom. The molecule has 5 heteroatoms. The van der Waals surface area contributed by atoms with Crippen molar-refractivity contribution in [1.82, 2.24) is 0 Å². The van der Waals surface area contributed by atoms with Crippen molar-refractivity contribution >= 4 is 29.0 Å². The summed E-state index contributed by atoms with van der Waals surface area (Å²) >= 11 is 0. The highest BCUT2D eigenvalue weighted by Gasteiger charge is 2.29. The number of rotatable bonds is 10. The molecule has 110 valence electrons. The van der Waals surface area contributed by atoms with Gasteiger partial charge in [0.1, 0.15) is 11.4 Å². The highest BCUT2D eigenvalue weighted by atomic mass is 16.2. The summed E-state index contributed by atoms with van der Waals surface area (Å²) in [5.41, 5.74) is -0.0415. The van der Waals surface area contributed by atoms with Gasteiger partial charge in [0.05, 0.1) is 0 Å². The van der Waals surface area contributed by atoms with Gasteiger partial charge < -0.3 is 0 Å². The zero-order chi connectivity index (χ0) is 15.0. The normalized spacial score (nSPS) is 14.2. The van der Waals surface area contributed by atoms with Crippen LogP contribution in [0.15, 0.2) is 9.98 Å². The molecule has 1 heterocycles. The van der Waals surface area contributed by atoms with Crippen LogP contribution in [0.25, 0.3) is 0 Å². The van der Waals surface area contributed by atoms with Crippen molar-refractivity contribution in [2.45, 2.75) is 65.2 Å². The van der Waals surface area contributed by atoms with Crippen LogP contribution in [0.3, 0.4) is 0 Å². The van der Waals surface area contributed by atoms with Gasteiger partial charge in [0, 0.05) is 12.8 Å². The van der Waals surface area contributed by atoms with Gasteiger partial charge >= 0.3 is 6.03 Å². The van der Waals surface area contributed by atoms with Crippen molar-refractivity contribution in [2.75, 3.05) is 0 Å². The first-order chi connectivity index (χ1) is 9.60. The van der Waals surface area contributed by atoms with Gasteiger partial charge in [-0.2, -0.15) is 9.98 Å². The monoisotopic (exact) mass is 278 g/mol. The Morgan fingerprint density at radius 1 is 0.800 bits per heavy atom. The molecule has 0 fully saturated rings. The van der Waals surface area contributed by atoms with Gasteiger partial charge in [-0.1, -0.05) is 39.5 Å². The summed E-state index contributed by atoms with van der Waals surface area (Å²) < 4.78 is 0. The average Bonchev–Trinajstić information content (AvgIpc) is 2.81. The van der Waals surface area contributed by atoms with E-state index in [1.807, 2.05) is 13.8 Å². The van der Waals surface area contributed by atoms with Crippen LogP contribution in [0.4, 0.5) is 4.79 Å². The molecule has 1 aliphatic heterocycles. The Kier molecular flexibility index (Phi) is 6.98. The molecule has 1 aliphatic rings. The molecule has 0 unspecified atom stereocenters. The minimum Gasteiger partial charge on any atom is -0.292 e. The van der Waals surface area contributed by atoms with Crippen LogP contribution in [0.5, 0.6) is 0 Å². The van der Waals surface area contributed by atoms with E-state index in [9.17, 15) is 14.4 Å². The van der Waals surface area contributed by atoms with Crippen LogP contribution in [0, 0.1) is 0 Å². The Labute approximate surface area is 119 Å². The molecule has 2 amide bonds. The molecule has 5 nitrogen and oxygen atoms in total. The lowest BCUT2D eigenvalue weighted by atomic mass is 10.00. The summed E-state index contributed by atoms with van der Waals surface area (Å²) in [4.78, 5) is 42.4. The van der Waals surface area contributed by atoms with E-state index in [-0.39, 0.29) is 23.0 Å². The number of Topliss-reactive ketones (excluding diaryl/α,β-unsaturated/α-hetero) is 2. The first kappa shape index (κ1) is 16.4. The van der Waals surface area contributed by atoms with Crippen LogP contribution in [-0.4, -0.2) is 29.0 Å². The van der Waals surface area contributed by atoms with E-state index in [1.54, 1.807) is 0 Å². The minimum absolute atomic E-state index is 0.0207. The fourth-order valence-electron chi connectivity index (χ4n) is 2.02. The summed E-state index contributed by atoms with van der Waals surface area (Å²) in [6, 6.07) is -0.734. The van der Waals surface area contributed by atoms with Gasteiger partial charge in [-0.15, -0.1) is 0 Å². The second-order valence-electron chi connectivity index (χ2n) is 4.96. The maximum absolute atomic E-state index is 12.0. The smallest absolute Gasteiger partial charge is 0.292 e. The average molecular weight is 278 g/mol. The Hall–Kier alpha value is -1.65. The van der Waals surface area contributed by atoms with Gasteiger partial charge in [0.15, 0.2) is 11.6 Å². The lowest BCUT2D eigenvalue weighted by Gasteiger charge is -2.03. The zero-order valence-corrected chi connectivity index (χ0v) is 12.3. The second-order valence-corrected chi connectivity index (χ2v) is 4.96. The fraction of sp³-hybridized carbons (Fsp3) is 0.667. The molecule has 0 aromatic carbocycles. The molecule has 0 atom stereocenters. The molecule has 0 radical (unpaired) electrons. The summed E-state index contributed by atoms with van der Waals surface area (Å²) in [7, 11) is 0. The Morgan fingerprint density at radius 2 is 1.20 bits per heavy atom. The van der Waals surface area contributed by atoms with Crippen molar-refractivity contribution in [2.24, 2.45) is 9.98 Å². The van der Waals surface area contributed by atoms with Crippen LogP contribution in [0.1, 0.15) is 65.2 Å². The number of amides is 2. The fourth-order valence-corrected chi connectivity index (χ4v) is 2.02. The largest absolute Gasteiger partial charge is 0.368 e. The van der Waals surface area contributed by atoms with Gasteiger partial charge in [-0.25, -0.2) is 4.79 Å². The molecule has 0 saturated carbocycles. The van der Waals surface area contributed by atoms with Crippen LogP contribution in [-0.2, 0) is 9.59 Å². The molecule has 0 N–H and O–H groups in total. The maximum atomic E-state index is 12.0. The van der Waals surface area contributed by atoms with Crippen molar-refractivity contribution < 1.29 is 14.4 Å². The molecular formula is C15H22N2O3. The lowest BCUT2D eigenvalue weighted by Crippen LogP contribution is -2.28. The van der Waals surface area contributed by atoms with Crippen molar-refractivity contribution in [3.63, 3.8) is 0 Å². The predicted octanol–water partition coefficient (Wildman–Crippen LogP) is 3.30. The number of urea groups is 1. The van der Waals surface area contributed by atoms with Crippen molar-refractivity contribution in [1.29, 1.82) is 0 Å². The molecule has 0 aromatic rings. The molecule has 0 saturated heterocycles. The Balaban J connectivity index is 2.63. The van der Waals surface area contributed by atoms with E-state index in [0.717, 1.165) is 38.5 Å². The number of ketones is 2. The SMILES string of the molecule is CCCCCC(=O)C1=NC(=O)N=C1C(=O)CCCCC. The molecule has 0 aromatic heterocycles. The van der Waals surface area contributed by atoms with Gasteiger partial charge in [-0.05, 0) is 12.8 Å². The minimum atomic E-state index is -0.734. The summed E-state index contributed by atoms with van der Waals surface area (Å²) in [5.74, 6) is -0.487. The maximum Gasteiger partial charge on any atom is 0.368 e. The second kappa shape index (κ2) is 8.51. The molecule has 1 rings (SSSR count). The molecule has 20 heavy (non-hydrogen) atoms. The van der Waals surface area contributed by atoms with Gasteiger partial charge in [-0.3, -0.25) is 9.59 Å². The van der Waals surface area contributed by atoms with E-state index in [4.69, 9.17) is 0 Å². The molecule has 0 bridgehead atoms. The first-order valence-electron chi connectivity index (χ1n) is 7.38. The summed E-state index contributed by atoms with van der Waals surface area (Å²) in [6.45, 7) is 4.09. The van der Waals surface area contributed by atoms with Crippen molar-refractivity contribution in [3.05, 3.63) is 0 Å². The number of aliphatic imine (C=N–C) groups is 2. The summed E-state index contributed by atoms with van der Waals surface area (Å²) in [5, 5.41) is 0. The van der Waals surface area contributed by atoms with Crippen LogP contribution in [0.2, 0.25) is 0 Å². The van der Waals surface area contributed by atoms with E-state index in [0.29, 0.717) is 12.8 Å². The number of nitrogens with zero attached hydrogens (tertiary/aromatic N) is 2. The predicted molar refractivity (Wildman–Crippen MR) is 78.6 cm³/mol. The van der Waals surface area contributed by atoms with E-state index in [1.165, 1.54) is 0 Å². The summed E-state index contributed by atoms with van der Waals surface area (Å²) in [6.07, 6.45) is 6.06. The standard InChI is InChI=1S/C15H22N2O3/c1-3-5-7-9-11(18)13-14(17-15(20)16-13)12(19)10-8-6-4-2/h3-10H2,1-2H3. The van der Waals surface area contributed by atoms with E-state index >= 15 is 0 Å². The quantitative estimate of drug-likeness (QED) is 0.575. The number of hydrogen-bond donors (Lipinski definition) is 0. The highest BCUT2D eigenvalue weighted by Crippen LogP contribution is 2.10. The highest BCUT2D eigenvalue weighted by molar-refractivity contribution is 6.83. The lowest BCUT2D eigenvalue weighted by molar-refractivity contribution is -0.114. The third-order valence-electron chi connectivity index (χ3n) is 3.18. The molecule has 0 spiro atoms. The van der Waals surface area contributed by atoms with Crippen molar-refractivity contribution in [3.8, 4) is 0 Å². The van der Waals surface area contributed by atoms with Crippen LogP contribution >= 0.6 is 0 Å². The first-order valence-corrected chi connectivity index (χ1v) is 7.38. The number of carbonyl (C=O) groups is 3.